The zero-order chi connectivity index (χ0) is 23.1. The topological polar surface area (TPSA) is 63.0 Å². The molecule has 2 saturated heterocycles. The van der Waals surface area contributed by atoms with Crippen LogP contribution in [0, 0.1) is 12.8 Å². The fourth-order valence-corrected chi connectivity index (χ4v) is 5.29. The molecule has 0 spiro atoms. The van der Waals surface area contributed by atoms with E-state index in [-0.39, 0.29) is 11.9 Å². The number of aryl methyl sites for hydroxylation is 1. The number of nitrogens with zero attached hydrogens (tertiary/aromatic N) is 5. The van der Waals surface area contributed by atoms with Gasteiger partial charge in [0.1, 0.15) is 11.6 Å². The predicted octanol–water partition coefficient (Wildman–Crippen LogP) is 4.91. The third-order valence-electron chi connectivity index (χ3n) is 6.84. The van der Waals surface area contributed by atoms with Crippen LogP contribution in [-0.4, -0.2) is 52.1 Å². The second kappa shape index (κ2) is 8.86. The van der Waals surface area contributed by atoms with Gasteiger partial charge in [0.15, 0.2) is 5.65 Å². The Labute approximate surface area is 199 Å². The molecule has 2 aliphatic heterocycles. The zero-order valence-electron chi connectivity index (χ0n) is 19.4. The number of carbonyl (C=O) groups is 1. The SMILES string of the molecule is COc1ccc(Cl)cc1C(=O)N1CCCC[C@H]1c1cc2nc(N3CC[C@H](C)C3)c(C)cn2n1. The maximum atomic E-state index is 13.6. The molecule has 3 aromatic rings. The number of benzene rings is 1. The lowest BCUT2D eigenvalue weighted by atomic mass is 9.98. The van der Waals surface area contributed by atoms with Crippen LogP contribution in [0.25, 0.3) is 5.65 Å². The van der Waals surface area contributed by atoms with Crippen LogP contribution >= 0.6 is 11.6 Å². The Balaban J connectivity index is 1.48. The predicted molar refractivity (Wildman–Crippen MR) is 129 cm³/mol. The Morgan fingerprint density at radius 1 is 1.18 bits per heavy atom. The number of aromatic nitrogens is 3. The summed E-state index contributed by atoms with van der Waals surface area (Å²) in [5.41, 5.74) is 3.30. The summed E-state index contributed by atoms with van der Waals surface area (Å²) in [6.45, 7) is 7.13. The quantitative estimate of drug-likeness (QED) is 0.545. The molecule has 2 aliphatic rings. The lowest BCUT2D eigenvalue weighted by Gasteiger charge is -2.35. The first-order valence-electron chi connectivity index (χ1n) is 11.7. The summed E-state index contributed by atoms with van der Waals surface area (Å²) in [7, 11) is 1.57. The van der Waals surface area contributed by atoms with Crippen molar-refractivity contribution in [3.8, 4) is 5.75 Å². The number of halogens is 1. The molecule has 0 bridgehead atoms. The van der Waals surface area contributed by atoms with Gasteiger partial charge in [0.25, 0.3) is 5.91 Å². The second-order valence-corrected chi connectivity index (χ2v) is 9.75. The third kappa shape index (κ3) is 4.14. The van der Waals surface area contributed by atoms with E-state index in [4.69, 9.17) is 26.4 Å². The highest BCUT2D eigenvalue weighted by Crippen LogP contribution is 2.35. The van der Waals surface area contributed by atoms with E-state index in [0.29, 0.717) is 28.8 Å². The normalized spacial score (nSPS) is 21.1. The fourth-order valence-electron chi connectivity index (χ4n) is 5.11. The van der Waals surface area contributed by atoms with Crippen LogP contribution in [0.5, 0.6) is 5.75 Å². The summed E-state index contributed by atoms with van der Waals surface area (Å²) >= 11 is 6.20. The number of amides is 1. The van der Waals surface area contributed by atoms with Crippen LogP contribution in [0.4, 0.5) is 5.82 Å². The molecule has 0 aliphatic carbocycles. The van der Waals surface area contributed by atoms with Gasteiger partial charge >= 0.3 is 0 Å². The van der Waals surface area contributed by atoms with Crippen molar-refractivity contribution in [3.63, 3.8) is 0 Å². The van der Waals surface area contributed by atoms with Crippen molar-refractivity contribution in [2.24, 2.45) is 5.92 Å². The molecule has 2 atom stereocenters. The Hall–Kier alpha value is -2.80. The van der Waals surface area contributed by atoms with Crippen LogP contribution in [0.15, 0.2) is 30.5 Å². The summed E-state index contributed by atoms with van der Waals surface area (Å²) < 4.78 is 7.30. The first-order chi connectivity index (χ1) is 15.9. The molecular weight excluding hydrogens is 438 g/mol. The van der Waals surface area contributed by atoms with Crippen LogP contribution in [0.3, 0.4) is 0 Å². The molecule has 7 nitrogen and oxygen atoms in total. The third-order valence-corrected chi connectivity index (χ3v) is 7.08. The molecule has 0 unspecified atom stereocenters. The summed E-state index contributed by atoms with van der Waals surface area (Å²) in [6.07, 6.45) is 6.14. The zero-order valence-corrected chi connectivity index (χ0v) is 20.2. The van der Waals surface area contributed by atoms with Gasteiger partial charge in [0, 0.05) is 42.5 Å². The molecular formula is C25H30ClN5O2. The highest BCUT2D eigenvalue weighted by molar-refractivity contribution is 6.31. The summed E-state index contributed by atoms with van der Waals surface area (Å²) in [6, 6.07) is 7.10. The number of ether oxygens (including phenoxy) is 1. The first kappa shape index (κ1) is 22.0. The van der Waals surface area contributed by atoms with Gasteiger partial charge in [-0.15, -0.1) is 0 Å². The molecule has 33 heavy (non-hydrogen) atoms. The maximum absolute atomic E-state index is 13.6. The van der Waals surface area contributed by atoms with Crippen LogP contribution in [0.1, 0.15) is 60.3 Å². The van der Waals surface area contributed by atoms with E-state index in [2.05, 4.69) is 24.9 Å². The molecule has 8 heteroatoms. The van der Waals surface area contributed by atoms with Crippen LogP contribution in [0.2, 0.25) is 5.02 Å². The van der Waals surface area contributed by atoms with E-state index in [1.165, 1.54) is 6.42 Å². The Kier molecular flexibility index (Phi) is 5.91. The van der Waals surface area contributed by atoms with Crippen molar-refractivity contribution in [1.29, 1.82) is 0 Å². The molecule has 2 aromatic heterocycles. The van der Waals surface area contributed by atoms with Gasteiger partial charge in [-0.25, -0.2) is 9.50 Å². The lowest BCUT2D eigenvalue weighted by molar-refractivity contribution is 0.0602. The minimum absolute atomic E-state index is 0.0769. The number of hydrogen-bond acceptors (Lipinski definition) is 5. The molecule has 0 saturated carbocycles. The lowest BCUT2D eigenvalue weighted by Crippen LogP contribution is -2.38. The number of hydrogen-bond donors (Lipinski definition) is 0. The minimum atomic E-state index is -0.104. The van der Waals surface area contributed by atoms with Crippen molar-refractivity contribution in [3.05, 3.63) is 52.3 Å². The van der Waals surface area contributed by atoms with E-state index >= 15 is 0 Å². The molecule has 5 rings (SSSR count). The van der Waals surface area contributed by atoms with Gasteiger partial charge in [0.05, 0.1) is 24.4 Å². The largest absolute Gasteiger partial charge is 0.496 e. The molecule has 2 fully saturated rings. The Morgan fingerprint density at radius 2 is 2.03 bits per heavy atom. The summed E-state index contributed by atoms with van der Waals surface area (Å²) in [5, 5.41) is 5.37. The molecule has 174 valence electrons. The number of likely N-dealkylation sites (tertiary alicyclic amines) is 1. The van der Waals surface area contributed by atoms with Gasteiger partial charge < -0.3 is 14.5 Å². The van der Waals surface area contributed by atoms with E-state index in [9.17, 15) is 4.79 Å². The van der Waals surface area contributed by atoms with Gasteiger partial charge in [0.2, 0.25) is 0 Å². The van der Waals surface area contributed by atoms with Crippen LogP contribution < -0.4 is 9.64 Å². The van der Waals surface area contributed by atoms with E-state index in [1.54, 1.807) is 25.3 Å². The number of rotatable bonds is 4. The highest BCUT2D eigenvalue weighted by Gasteiger charge is 2.32. The standard InChI is InChI=1S/C25H30ClN5O2/c1-16-9-11-29(14-16)24-17(2)15-31-23(27-24)13-20(28-31)21-6-4-5-10-30(21)25(32)19-12-18(26)7-8-22(19)33-3/h7-8,12-13,15-16,21H,4-6,9-11,14H2,1-3H3/t16-,21-/m0/s1. The fraction of sp³-hybridized carbons (Fsp3) is 0.480. The average molecular weight is 468 g/mol. The van der Waals surface area contributed by atoms with Gasteiger partial charge in [-0.05, 0) is 56.7 Å². The Bertz CT molecular complexity index is 1190. The van der Waals surface area contributed by atoms with Crippen molar-refractivity contribution < 1.29 is 9.53 Å². The number of methoxy groups -OCH3 is 1. The molecule has 4 heterocycles. The van der Waals surface area contributed by atoms with Gasteiger partial charge in [-0.1, -0.05) is 18.5 Å². The number of anilines is 1. The number of fused-ring (bicyclic) bond motifs is 1. The summed E-state index contributed by atoms with van der Waals surface area (Å²) in [4.78, 5) is 22.8. The Morgan fingerprint density at radius 3 is 2.79 bits per heavy atom. The van der Waals surface area contributed by atoms with E-state index < -0.39 is 0 Å². The first-order valence-corrected chi connectivity index (χ1v) is 12.1. The average Bonchev–Trinajstić information content (AvgIpc) is 3.43. The molecule has 1 aromatic carbocycles. The van der Waals surface area contributed by atoms with E-state index in [0.717, 1.165) is 55.1 Å². The van der Waals surface area contributed by atoms with Gasteiger partial charge in [-0.2, -0.15) is 5.10 Å². The number of piperidine rings is 1. The van der Waals surface area contributed by atoms with Crippen molar-refractivity contribution >= 4 is 29.0 Å². The summed E-state index contributed by atoms with van der Waals surface area (Å²) in [5.74, 6) is 2.18. The van der Waals surface area contributed by atoms with Crippen LogP contribution in [-0.2, 0) is 0 Å². The highest BCUT2D eigenvalue weighted by atomic mass is 35.5. The molecule has 0 radical (unpaired) electrons. The van der Waals surface area contributed by atoms with Crippen molar-refractivity contribution in [1.82, 2.24) is 19.5 Å². The molecule has 1 amide bonds. The smallest absolute Gasteiger partial charge is 0.258 e. The van der Waals surface area contributed by atoms with E-state index in [1.807, 2.05) is 15.5 Å². The molecule has 0 N–H and O–H groups in total. The second-order valence-electron chi connectivity index (χ2n) is 9.31. The van der Waals surface area contributed by atoms with Crippen molar-refractivity contribution in [2.45, 2.75) is 45.6 Å². The minimum Gasteiger partial charge on any atom is -0.496 e. The maximum Gasteiger partial charge on any atom is 0.258 e. The monoisotopic (exact) mass is 467 g/mol. The van der Waals surface area contributed by atoms with Crippen molar-refractivity contribution in [2.75, 3.05) is 31.6 Å². The number of carbonyl (C=O) groups excluding carboxylic acids is 1. The van der Waals surface area contributed by atoms with Gasteiger partial charge in [-0.3, -0.25) is 4.79 Å².